The summed E-state index contributed by atoms with van der Waals surface area (Å²) in [5.74, 6) is 0. The van der Waals surface area contributed by atoms with Gasteiger partial charge in [0.15, 0.2) is 0 Å². The Morgan fingerprint density at radius 3 is 2.67 bits per heavy atom. The highest BCUT2D eigenvalue weighted by molar-refractivity contribution is 5.95. The molecule has 1 aliphatic rings. The average molecular weight is 273 g/mol. The van der Waals surface area contributed by atoms with Crippen LogP contribution in [0.2, 0.25) is 0 Å². The minimum absolute atomic E-state index is 0.827. The summed E-state index contributed by atoms with van der Waals surface area (Å²) in [5.41, 5.74) is 5.51. The van der Waals surface area contributed by atoms with E-state index >= 15 is 0 Å². The molecule has 0 amide bonds. The van der Waals surface area contributed by atoms with E-state index in [0.29, 0.717) is 0 Å². The summed E-state index contributed by atoms with van der Waals surface area (Å²) in [6.07, 6.45) is 1.93. The number of fused-ring (bicyclic) bond motifs is 2. The van der Waals surface area contributed by atoms with Gasteiger partial charge in [0.25, 0.3) is 0 Å². The molecule has 21 heavy (non-hydrogen) atoms. The van der Waals surface area contributed by atoms with Gasteiger partial charge in [-0.3, -0.25) is 9.98 Å². The average Bonchev–Trinajstić information content (AvgIpc) is 3.00. The van der Waals surface area contributed by atoms with Crippen molar-refractivity contribution in [2.24, 2.45) is 4.99 Å². The van der Waals surface area contributed by atoms with Gasteiger partial charge in [0, 0.05) is 30.3 Å². The lowest BCUT2D eigenvalue weighted by molar-refractivity contribution is 0.758. The molecule has 1 N–H and O–H groups in total. The molecule has 3 nitrogen and oxygen atoms in total. The van der Waals surface area contributed by atoms with Crippen LogP contribution in [0.15, 0.2) is 59.6 Å². The molecule has 1 aromatic heterocycles. The van der Waals surface area contributed by atoms with Crippen molar-refractivity contribution < 1.29 is 0 Å². The number of rotatable bonds is 2. The van der Waals surface area contributed by atoms with Gasteiger partial charge < -0.3 is 5.32 Å². The van der Waals surface area contributed by atoms with E-state index in [0.717, 1.165) is 40.9 Å². The Morgan fingerprint density at radius 2 is 1.76 bits per heavy atom. The first-order valence-corrected chi connectivity index (χ1v) is 7.12. The Labute approximate surface area is 123 Å². The van der Waals surface area contributed by atoms with E-state index in [1.54, 1.807) is 0 Å². The molecule has 0 saturated carbocycles. The van der Waals surface area contributed by atoms with Crippen LogP contribution < -0.4 is 5.32 Å². The van der Waals surface area contributed by atoms with Crippen molar-refractivity contribution in [3.8, 4) is 0 Å². The highest BCUT2D eigenvalue weighted by atomic mass is 14.9. The number of nitrogens with zero attached hydrogens (tertiary/aromatic N) is 2. The monoisotopic (exact) mass is 273 g/mol. The third kappa shape index (κ3) is 2.22. The second kappa shape index (κ2) is 5.11. The summed E-state index contributed by atoms with van der Waals surface area (Å²) in [7, 11) is 0. The van der Waals surface area contributed by atoms with E-state index in [1.165, 1.54) is 5.56 Å². The molecule has 3 heteroatoms. The quantitative estimate of drug-likeness (QED) is 0.724. The fraction of sp³-hybridized carbons (Fsp3) is 0.111. The first-order chi connectivity index (χ1) is 10.4. The standard InChI is InChI=1S/C18H15N3/c1-2-6-13(7-3-1)10-20-18-14-8-4-5-9-16(14)21-17-12-19-11-15(17)18/h1-10,19H,11-12H2/b20-10+. The van der Waals surface area contributed by atoms with Crippen molar-refractivity contribution in [1.29, 1.82) is 0 Å². The summed E-state index contributed by atoms with van der Waals surface area (Å²) >= 11 is 0. The molecule has 102 valence electrons. The van der Waals surface area contributed by atoms with E-state index in [2.05, 4.69) is 29.6 Å². The highest BCUT2D eigenvalue weighted by Gasteiger charge is 2.18. The van der Waals surface area contributed by atoms with Crippen molar-refractivity contribution in [3.05, 3.63) is 71.4 Å². The molecule has 0 radical (unpaired) electrons. The Kier molecular flexibility index (Phi) is 2.98. The van der Waals surface area contributed by atoms with Crippen LogP contribution in [0.3, 0.4) is 0 Å². The highest BCUT2D eigenvalue weighted by Crippen LogP contribution is 2.33. The van der Waals surface area contributed by atoms with Crippen LogP contribution in [0.5, 0.6) is 0 Å². The van der Waals surface area contributed by atoms with Crippen LogP contribution >= 0.6 is 0 Å². The molecule has 0 fully saturated rings. The van der Waals surface area contributed by atoms with Crippen molar-refractivity contribution in [3.63, 3.8) is 0 Å². The predicted octanol–water partition coefficient (Wildman–Crippen LogP) is 3.59. The number of hydrogen-bond donors (Lipinski definition) is 1. The van der Waals surface area contributed by atoms with E-state index in [9.17, 15) is 0 Å². The molecular formula is C18H15N3. The van der Waals surface area contributed by atoms with E-state index < -0.39 is 0 Å². The topological polar surface area (TPSA) is 37.3 Å². The number of para-hydroxylation sites is 1. The summed E-state index contributed by atoms with van der Waals surface area (Å²) in [6, 6.07) is 18.4. The summed E-state index contributed by atoms with van der Waals surface area (Å²) in [5, 5.41) is 4.48. The van der Waals surface area contributed by atoms with E-state index in [1.807, 2.05) is 36.5 Å². The first kappa shape index (κ1) is 12.2. The minimum atomic E-state index is 0.827. The molecule has 3 aromatic rings. The fourth-order valence-electron chi connectivity index (χ4n) is 2.75. The van der Waals surface area contributed by atoms with Gasteiger partial charge in [-0.05, 0) is 11.6 Å². The van der Waals surface area contributed by atoms with Gasteiger partial charge in [-0.1, -0.05) is 48.5 Å². The zero-order valence-electron chi connectivity index (χ0n) is 11.6. The Balaban J connectivity index is 1.89. The van der Waals surface area contributed by atoms with E-state index in [4.69, 9.17) is 9.98 Å². The second-order valence-electron chi connectivity index (χ2n) is 5.18. The molecule has 2 aromatic carbocycles. The van der Waals surface area contributed by atoms with Gasteiger partial charge in [-0.2, -0.15) is 0 Å². The first-order valence-electron chi connectivity index (χ1n) is 7.12. The predicted molar refractivity (Wildman–Crippen MR) is 86.0 cm³/mol. The number of nitrogens with one attached hydrogen (secondary N) is 1. The Morgan fingerprint density at radius 1 is 0.952 bits per heavy atom. The SMILES string of the molecule is C(=N\c1c2c(nc3ccccc13)CNC2)/c1ccccc1. The molecule has 2 heterocycles. The van der Waals surface area contributed by atoms with Crippen LogP contribution in [0.1, 0.15) is 16.8 Å². The van der Waals surface area contributed by atoms with Crippen LogP contribution in [-0.2, 0) is 13.1 Å². The fourth-order valence-corrected chi connectivity index (χ4v) is 2.75. The van der Waals surface area contributed by atoms with Crippen LogP contribution in [0.25, 0.3) is 10.9 Å². The van der Waals surface area contributed by atoms with Crippen LogP contribution in [0.4, 0.5) is 5.69 Å². The second-order valence-corrected chi connectivity index (χ2v) is 5.18. The smallest absolute Gasteiger partial charge is 0.0787 e. The molecule has 0 saturated heterocycles. The third-order valence-corrected chi connectivity index (χ3v) is 3.79. The number of pyridine rings is 1. The maximum Gasteiger partial charge on any atom is 0.0787 e. The van der Waals surface area contributed by atoms with Gasteiger partial charge >= 0.3 is 0 Å². The third-order valence-electron chi connectivity index (χ3n) is 3.79. The molecule has 0 aliphatic carbocycles. The van der Waals surface area contributed by atoms with Crippen molar-refractivity contribution in [1.82, 2.24) is 10.3 Å². The molecule has 0 bridgehead atoms. The zero-order valence-corrected chi connectivity index (χ0v) is 11.6. The van der Waals surface area contributed by atoms with Crippen molar-refractivity contribution >= 4 is 22.8 Å². The number of aromatic nitrogens is 1. The molecular weight excluding hydrogens is 258 g/mol. The molecule has 0 unspecified atom stereocenters. The lowest BCUT2D eigenvalue weighted by atomic mass is 10.1. The summed E-state index contributed by atoms with van der Waals surface area (Å²) < 4.78 is 0. The lowest BCUT2D eigenvalue weighted by Gasteiger charge is -2.07. The largest absolute Gasteiger partial charge is 0.307 e. The van der Waals surface area contributed by atoms with E-state index in [-0.39, 0.29) is 0 Å². The van der Waals surface area contributed by atoms with Gasteiger partial charge in [-0.15, -0.1) is 0 Å². The van der Waals surface area contributed by atoms with Crippen LogP contribution in [0, 0.1) is 0 Å². The normalized spacial score (nSPS) is 13.9. The summed E-state index contributed by atoms with van der Waals surface area (Å²) in [4.78, 5) is 9.51. The van der Waals surface area contributed by atoms with Crippen molar-refractivity contribution in [2.45, 2.75) is 13.1 Å². The molecule has 0 atom stereocenters. The Hall–Kier alpha value is -2.52. The molecule has 0 spiro atoms. The van der Waals surface area contributed by atoms with Gasteiger partial charge in [0.05, 0.1) is 16.9 Å². The van der Waals surface area contributed by atoms with Gasteiger partial charge in [0.1, 0.15) is 0 Å². The van der Waals surface area contributed by atoms with Gasteiger partial charge in [-0.25, -0.2) is 0 Å². The van der Waals surface area contributed by atoms with Crippen LogP contribution in [-0.4, -0.2) is 11.2 Å². The maximum absolute atomic E-state index is 4.77. The minimum Gasteiger partial charge on any atom is -0.307 e. The summed E-state index contributed by atoms with van der Waals surface area (Å²) in [6.45, 7) is 1.67. The van der Waals surface area contributed by atoms with Crippen molar-refractivity contribution in [2.75, 3.05) is 0 Å². The van der Waals surface area contributed by atoms with Gasteiger partial charge in [0.2, 0.25) is 0 Å². The lowest BCUT2D eigenvalue weighted by Crippen LogP contribution is -2.00. The molecule has 4 rings (SSSR count). The number of aliphatic imine (C=N–C) groups is 1. The zero-order chi connectivity index (χ0) is 14.1. The molecule has 1 aliphatic heterocycles. The maximum atomic E-state index is 4.77. The number of benzene rings is 2. The Bertz CT molecular complexity index is 822. The number of hydrogen-bond acceptors (Lipinski definition) is 3.